The van der Waals surface area contributed by atoms with Crippen molar-refractivity contribution in [2.45, 2.75) is 6.10 Å². The number of nitrogens with one attached hydrogen (secondary N) is 1. The number of carbonyl (C=O) groups excluding carboxylic acids is 1. The topological polar surface area (TPSA) is 61.7 Å². The summed E-state index contributed by atoms with van der Waals surface area (Å²) in [5, 5.41) is 13.7. The van der Waals surface area contributed by atoms with E-state index in [0.29, 0.717) is 5.56 Å². The van der Waals surface area contributed by atoms with Gasteiger partial charge in [0.2, 0.25) is 0 Å². The summed E-state index contributed by atoms with van der Waals surface area (Å²) in [7, 11) is 0. The lowest BCUT2D eigenvalue weighted by Crippen LogP contribution is -2.25. The maximum Gasteiger partial charge on any atom is 0.273 e. The maximum absolute atomic E-state index is 11.8. The van der Waals surface area contributed by atoms with Crippen molar-refractivity contribution in [1.82, 2.24) is 5.43 Å². The molecule has 1 atom stereocenters. The van der Waals surface area contributed by atoms with E-state index in [9.17, 15) is 9.90 Å². The zero-order chi connectivity index (χ0) is 15.2. The molecule has 0 heterocycles. The Hall–Kier alpha value is -1.50. The lowest BCUT2D eigenvalue weighted by atomic mass is 10.1. The standard InChI is InChI=1S/C15H12Br2N2O2/c16-12-6-4-11(5-7-12)14(20)15(21)19-18-9-10-2-1-3-13(17)8-10/h1-9,14,20H,(H,19,21)/b18-9+. The Morgan fingerprint density at radius 1 is 1.14 bits per heavy atom. The van der Waals surface area contributed by atoms with Gasteiger partial charge in [0.15, 0.2) is 6.10 Å². The number of aliphatic hydroxyl groups excluding tert-OH is 1. The number of hydrogen-bond donors (Lipinski definition) is 2. The molecular formula is C15H12Br2N2O2. The Labute approximate surface area is 139 Å². The number of nitrogens with zero attached hydrogens (tertiary/aromatic N) is 1. The second-order valence-corrected chi connectivity index (χ2v) is 6.07. The maximum atomic E-state index is 11.8. The Kier molecular flexibility index (Phi) is 5.67. The molecule has 2 rings (SSSR count). The van der Waals surface area contributed by atoms with Crippen LogP contribution < -0.4 is 5.43 Å². The highest BCUT2D eigenvalue weighted by molar-refractivity contribution is 9.10. The summed E-state index contributed by atoms with van der Waals surface area (Å²) >= 11 is 6.65. The van der Waals surface area contributed by atoms with Gasteiger partial charge in [0.25, 0.3) is 5.91 Å². The molecule has 2 aromatic carbocycles. The fraction of sp³-hybridized carbons (Fsp3) is 0.0667. The minimum Gasteiger partial charge on any atom is -0.378 e. The van der Waals surface area contributed by atoms with Crippen LogP contribution in [0.25, 0.3) is 0 Å². The van der Waals surface area contributed by atoms with Crippen molar-refractivity contribution in [3.05, 3.63) is 68.6 Å². The van der Waals surface area contributed by atoms with E-state index in [2.05, 4.69) is 42.4 Å². The van der Waals surface area contributed by atoms with E-state index in [-0.39, 0.29) is 0 Å². The third-order valence-corrected chi connectivity index (χ3v) is 3.69. The SMILES string of the molecule is O=C(N/N=C/c1cccc(Br)c1)C(O)c1ccc(Br)cc1. The molecule has 0 saturated carbocycles. The minimum atomic E-state index is -1.25. The van der Waals surface area contributed by atoms with Gasteiger partial charge >= 0.3 is 0 Å². The quantitative estimate of drug-likeness (QED) is 0.598. The molecule has 4 nitrogen and oxygen atoms in total. The predicted molar refractivity (Wildman–Crippen MR) is 89.0 cm³/mol. The first-order chi connectivity index (χ1) is 10.1. The van der Waals surface area contributed by atoms with Crippen LogP contribution in [-0.4, -0.2) is 17.2 Å². The number of rotatable bonds is 4. The summed E-state index contributed by atoms with van der Waals surface area (Å²) in [6, 6.07) is 14.3. The van der Waals surface area contributed by atoms with Crippen LogP contribution in [0.15, 0.2) is 62.6 Å². The zero-order valence-corrected chi connectivity index (χ0v) is 14.0. The number of benzene rings is 2. The second kappa shape index (κ2) is 7.49. The molecule has 2 aromatic rings. The minimum absolute atomic E-state index is 0.508. The Balaban J connectivity index is 1.96. The zero-order valence-electron chi connectivity index (χ0n) is 10.8. The normalized spacial score (nSPS) is 12.3. The molecule has 1 unspecified atom stereocenters. The molecule has 0 spiro atoms. The van der Waals surface area contributed by atoms with E-state index < -0.39 is 12.0 Å². The van der Waals surface area contributed by atoms with Gasteiger partial charge in [0.05, 0.1) is 6.21 Å². The second-order valence-electron chi connectivity index (χ2n) is 4.24. The number of carbonyl (C=O) groups is 1. The van der Waals surface area contributed by atoms with Crippen molar-refractivity contribution in [2.75, 3.05) is 0 Å². The van der Waals surface area contributed by atoms with Crippen LogP contribution in [0.4, 0.5) is 0 Å². The van der Waals surface area contributed by atoms with E-state index in [0.717, 1.165) is 14.5 Å². The predicted octanol–water partition coefficient (Wildman–Crippen LogP) is 3.40. The molecular weight excluding hydrogens is 400 g/mol. The first-order valence-corrected chi connectivity index (χ1v) is 7.67. The smallest absolute Gasteiger partial charge is 0.273 e. The molecule has 108 valence electrons. The fourth-order valence-electron chi connectivity index (χ4n) is 1.61. The van der Waals surface area contributed by atoms with E-state index in [1.807, 2.05) is 24.3 Å². The highest BCUT2D eigenvalue weighted by atomic mass is 79.9. The lowest BCUT2D eigenvalue weighted by molar-refractivity contribution is -0.129. The number of hydrogen-bond acceptors (Lipinski definition) is 3. The first-order valence-electron chi connectivity index (χ1n) is 6.08. The van der Waals surface area contributed by atoms with E-state index in [1.165, 1.54) is 6.21 Å². The van der Waals surface area contributed by atoms with Crippen LogP contribution in [0.2, 0.25) is 0 Å². The molecule has 0 aliphatic heterocycles. The molecule has 1 amide bonds. The summed E-state index contributed by atoms with van der Waals surface area (Å²) in [5.41, 5.74) is 3.66. The van der Waals surface area contributed by atoms with Gasteiger partial charge in [-0.1, -0.05) is 56.1 Å². The van der Waals surface area contributed by atoms with Crippen molar-refractivity contribution >= 4 is 44.0 Å². The van der Waals surface area contributed by atoms with Crippen molar-refractivity contribution < 1.29 is 9.90 Å². The molecule has 0 bridgehead atoms. The number of aliphatic hydroxyl groups is 1. The van der Waals surface area contributed by atoms with E-state index >= 15 is 0 Å². The molecule has 0 aliphatic carbocycles. The molecule has 0 fully saturated rings. The Morgan fingerprint density at radius 3 is 2.52 bits per heavy atom. The van der Waals surface area contributed by atoms with Crippen LogP contribution in [0.1, 0.15) is 17.2 Å². The molecule has 0 radical (unpaired) electrons. The van der Waals surface area contributed by atoms with Crippen molar-refractivity contribution in [3.63, 3.8) is 0 Å². The highest BCUT2D eigenvalue weighted by Gasteiger charge is 2.16. The fourth-order valence-corrected chi connectivity index (χ4v) is 2.30. The summed E-state index contributed by atoms with van der Waals surface area (Å²) < 4.78 is 1.80. The molecule has 0 aromatic heterocycles. The van der Waals surface area contributed by atoms with Crippen LogP contribution in [0, 0.1) is 0 Å². The van der Waals surface area contributed by atoms with Gasteiger partial charge in [-0.2, -0.15) is 5.10 Å². The van der Waals surface area contributed by atoms with Gasteiger partial charge in [-0.15, -0.1) is 0 Å². The average Bonchev–Trinajstić information content (AvgIpc) is 2.47. The van der Waals surface area contributed by atoms with Gasteiger partial charge in [-0.25, -0.2) is 5.43 Å². The van der Waals surface area contributed by atoms with Crippen LogP contribution in [0.3, 0.4) is 0 Å². The van der Waals surface area contributed by atoms with E-state index in [4.69, 9.17) is 0 Å². The summed E-state index contributed by atoms with van der Waals surface area (Å²) in [6.45, 7) is 0. The van der Waals surface area contributed by atoms with Gasteiger partial charge in [-0.05, 0) is 35.4 Å². The van der Waals surface area contributed by atoms with Gasteiger partial charge < -0.3 is 5.11 Å². The molecule has 0 saturated heterocycles. The van der Waals surface area contributed by atoms with Crippen molar-refractivity contribution in [3.8, 4) is 0 Å². The first kappa shape index (κ1) is 15.9. The van der Waals surface area contributed by atoms with Crippen LogP contribution in [-0.2, 0) is 4.79 Å². The largest absolute Gasteiger partial charge is 0.378 e. The summed E-state index contributed by atoms with van der Waals surface area (Å²) in [6.07, 6.45) is 0.259. The third-order valence-electron chi connectivity index (χ3n) is 2.67. The van der Waals surface area contributed by atoms with Gasteiger partial charge in [0.1, 0.15) is 0 Å². The summed E-state index contributed by atoms with van der Waals surface area (Å²) in [5.74, 6) is -0.580. The number of halogens is 2. The molecule has 21 heavy (non-hydrogen) atoms. The molecule has 6 heteroatoms. The highest BCUT2D eigenvalue weighted by Crippen LogP contribution is 2.17. The summed E-state index contributed by atoms with van der Waals surface area (Å²) in [4.78, 5) is 11.8. The Morgan fingerprint density at radius 2 is 1.86 bits per heavy atom. The van der Waals surface area contributed by atoms with E-state index in [1.54, 1.807) is 24.3 Å². The van der Waals surface area contributed by atoms with Gasteiger partial charge in [-0.3, -0.25) is 4.79 Å². The van der Waals surface area contributed by atoms with Gasteiger partial charge in [0, 0.05) is 8.95 Å². The number of amides is 1. The Bertz CT molecular complexity index is 657. The third kappa shape index (κ3) is 4.77. The lowest BCUT2D eigenvalue weighted by Gasteiger charge is -2.08. The molecule has 2 N–H and O–H groups in total. The number of hydrazone groups is 1. The van der Waals surface area contributed by atoms with Crippen LogP contribution >= 0.6 is 31.9 Å². The monoisotopic (exact) mass is 410 g/mol. The molecule has 0 aliphatic rings. The van der Waals surface area contributed by atoms with Crippen LogP contribution in [0.5, 0.6) is 0 Å². The van der Waals surface area contributed by atoms with Crippen molar-refractivity contribution in [1.29, 1.82) is 0 Å². The average molecular weight is 412 g/mol. The van der Waals surface area contributed by atoms with Crippen molar-refractivity contribution in [2.24, 2.45) is 5.10 Å².